The Hall–Kier alpha value is -0.550. The third kappa shape index (κ3) is 4.54. The van der Waals surface area contributed by atoms with Crippen LogP contribution in [-0.2, 0) is 23.8 Å². The molecule has 0 aliphatic carbocycles. The topological polar surface area (TPSA) is 94.1 Å². The predicted molar refractivity (Wildman–Crippen MR) is 94.5 cm³/mol. The molecule has 5 atom stereocenters. The van der Waals surface area contributed by atoms with Gasteiger partial charge in [0.15, 0.2) is 0 Å². The summed E-state index contributed by atoms with van der Waals surface area (Å²) in [5.74, 6) is -1.65. The standard InChI is InChI=1S/C16H24INO6/c1-7(2)22-6-11-14(23-8(3)4)12(19)13(24-11)9-5-10(17)16(21)18-15(9)20/h5,7-9,11-14,19H,6H2,1-4H3,(H,18,20,21)/t9?,11-,12-,13+,14?/m1/s1. The van der Waals surface area contributed by atoms with Crippen molar-refractivity contribution in [2.24, 2.45) is 5.92 Å². The molecule has 2 amide bonds. The maximum Gasteiger partial charge on any atom is 0.263 e. The van der Waals surface area contributed by atoms with Crippen LogP contribution in [0.25, 0.3) is 0 Å². The van der Waals surface area contributed by atoms with E-state index >= 15 is 0 Å². The number of carbonyl (C=O) groups excluding carboxylic acids is 2. The molecule has 1 fully saturated rings. The number of amides is 2. The molecular formula is C16H24INO6. The van der Waals surface area contributed by atoms with Crippen molar-refractivity contribution in [2.75, 3.05) is 6.61 Å². The first kappa shape index (κ1) is 19.8. The highest BCUT2D eigenvalue weighted by atomic mass is 127. The molecule has 2 aliphatic heterocycles. The van der Waals surface area contributed by atoms with Gasteiger partial charge in [0.05, 0.1) is 28.3 Å². The molecule has 1 saturated heterocycles. The summed E-state index contributed by atoms with van der Waals surface area (Å²) in [6, 6.07) is 0. The zero-order valence-corrected chi connectivity index (χ0v) is 16.3. The molecule has 0 aromatic carbocycles. The quantitative estimate of drug-likeness (QED) is 0.459. The van der Waals surface area contributed by atoms with Gasteiger partial charge in [-0.2, -0.15) is 0 Å². The van der Waals surface area contributed by atoms with Gasteiger partial charge in [-0.25, -0.2) is 0 Å². The van der Waals surface area contributed by atoms with E-state index < -0.39 is 42.1 Å². The molecule has 0 saturated carbocycles. The van der Waals surface area contributed by atoms with E-state index in [0.717, 1.165) is 0 Å². The highest BCUT2D eigenvalue weighted by Crippen LogP contribution is 2.33. The molecule has 2 heterocycles. The van der Waals surface area contributed by atoms with Gasteiger partial charge in [0.25, 0.3) is 5.91 Å². The van der Waals surface area contributed by atoms with Gasteiger partial charge in [-0.15, -0.1) is 0 Å². The Balaban J connectivity index is 2.18. The van der Waals surface area contributed by atoms with Gasteiger partial charge in [0.1, 0.15) is 24.4 Å². The second-order valence-corrected chi connectivity index (χ2v) is 7.68. The van der Waals surface area contributed by atoms with Crippen molar-refractivity contribution < 1.29 is 28.9 Å². The van der Waals surface area contributed by atoms with Crippen molar-refractivity contribution >= 4 is 34.4 Å². The number of rotatable bonds is 6. The molecule has 24 heavy (non-hydrogen) atoms. The average Bonchev–Trinajstić information content (AvgIpc) is 2.77. The fourth-order valence-corrected chi connectivity index (χ4v) is 3.30. The first-order valence-corrected chi connectivity index (χ1v) is 9.11. The lowest BCUT2D eigenvalue weighted by atomic mass is 9.93. The van der Waals surface area contributed by atoms with Crippen molar-refractivity contribution in [2.45, 2.75) is 64.3 Å². The summed E-state index contributed by atoms with van der Waals surface area (Å²) < 4.78 is 17.7. The largest absolute Gasteiger partial charge is 0.388 e. The summed E-state index contributed by atoms with van der Waals surface area (Å²) in [7, 11) is 0. The van der Waals surface area contributed by atoms with E-state index in [-0.39, 0.29) is 18.8 Å². The summed E-state index contributed by atoms with van der Waals surface area (Å²) in [5, 5.41) is 12.9. The number of ether oxygens (including phenoxy) is 3. The number of imide groups is 1. The fraction of sp³-hybridized carbons (Fsp3) is 0.750. The Kier molecular flexibility index (Phi) is 6.77. The average molecular weight is 453 g/mol. The van der Waals surface area contributed by atoms with E-state index in [2.05, 4.69) is 5.32 Å². The lowest BCUT2D eigenvalue weighted by Gasteiger charge is -2.26. The van der Waals surface area contributed by atoms with Gasteiger partial charge >= 0.3 is 0 Å². The maximum absolute atomic E-state index is 12.1. The number of hydrogen-bond acceptors (Lipinski definition) is 6. The van der Waals surface area contributed by atoms with Gasteiger partial charge in [-0.05, 0) is 50.3 Å². The summed E-state index contributed by atoms with van der Waals surface area (Å²) >= 11 is 1.86. The first-order chi connectivity index (χ1) is 11.2. The Morgan fingerprint density at radius 3 is 2.54 bits per heavy atom. The number of halogens is 1. The van der Waals surface area contributed by atoms with E-state index in [1.165, 1.54) is 6.08 Å². The minimum atomic E-state index is -0.988. The molecule has 7 nitrogen and oxygen atoms in total. The SMILES string of the molecule is CC(C)OC[C@H]1O[C@@H](C2C=C(I)C(=O)NC2=O)[C@@H](O)C1OC(C)C. The van der Waals surface area contributed by atoms with Crippen LogP contribution in [0.1, 0.15) is 27.7 Å². The third-order valence-electron chi connectivity index (χ3n) is 3.83. The lowest BCUT2D eigenvalue weighted by Crippen LogP contribution is -2.47. The highest BCUT2D eigenvalue weighted by Gasteiger charge is 2.50. The van der Waals surface area contributed by atoms with Crippen LogP contribution in [0.2, 0.25) is 0 Å². The zero-order chi connectivity index (χ0) is 18.0. The van der Waals surface area contributed by atoms with Gasteiger partial charge in [-0.3, -0.25) is 14.9 Å². The van der Waals surface area contributed by atoms with Crippen LogP contribution in [-0.4, -0.2) is 60.2 Å². The number of aliphatic hydroxyl groups excluding tert-OH is 1. The Bertz CT molecular complexity index is 521. The number of nitrogens with one attached hydrogen (secondary N) is 1. The number of hydrogen-bond donors (Lipinski definition) is 2. The van der Waals surface area contributed by atoms with Crippen molar-refractivity contribution in [3.05, 3.63) is 9.66 Å². The number of aliphatic hydroxyl groups is 1. The lowest BCUT2D eigenvalue weighted by molar-refractivity contribution is -0.136. The Morgan fingerprint density at radius 1 is 1.29 bits per heavy atom. The van der Waals surface area contributed by atoms with Crippen LogP contribution < -0.4 is 5.32 Å². The third-order valence-corrected chi connectivity index (χ3v) is 4.68. The predicted octanol–water partition coefficient (Wildman–Crippen LogP) is 0.925. The molecule has 0 radical (unpaired) electrons. The summed E-state index contributed by atoms with van der Waals surface area (Å²) in [5.41, 5.74) is 0. The van der Waals surface area contributed by atoms with E-state index in [4.69, 9.17) is 14.2 Å². The van der Waals surface area contributed by atoms with Crippen LogP contribution >= 0.6 is 22.6 Å². The molecule has 0 bridgehead atoms. The minimum absolute atomic E-state index is 0.0148. The Labute approximate surface area is 155 Å². The van der Waals surface area contributed by atoms with Crippen LogP contribution in [0.15, 0.2) is 9.66 Å². The minimum Gasteiger partial charge on any atom is -0.388 e. The molecule has 2 rings (SSSR count). The van der Waals surface area contributed by atoms with Gasteiger partial charge < -0.3 is 19.3 Å². The van der Waals surface area contributed by atoms with Crippen LogP contribution in [0.5, 0.6) is 0 Å². The molecule has 8 heteroatoms. The smallest absolute Gasteiger partial charge is 0.263 e. The van der Waals surface area contributed by atoms with Gasteiger partial charge in [-0.1, -0.05) is 6.08 Å². The molecular weight excluding hydrogens is 429 g/mol. The van der Waals surface area contributed by atoms with Crippen molar-refractivity contribution in [1.29, 1.82) is 0 Å². The van der Waals surface area contributed by atoms with Gasteiger partial charge in [0.2, 0.25) is 5.91 Å². The fourth-order valence-electron chi connectivity index (χ4n) is 2.78. The molecule has 2 N–H and O–H groups in total. The summed E-state index contributed by atoms with van der Waals surface area (Å²) in [6.45, 7) is 7.82. The first-order valence-electron chi connectivity index (χ1n) is 8.03. The molecule has 0 spiro atoms. The molecule has 2 unspecified atom stereocenters. The summed E-state index contributed by atoms with van der Waals surface area (Å²) in [4.78, 5) is 23.7. The molecule has 0 aromatic rings. The molecule has 136 valence electrons. The maximum atomic E-state index is 12.1. The van der Waals surface area contributed by atoms with Crippen LogP contribution in [0.3, 0.4) is 0 Å². The van der Waals surface area contributed by atoms with E-state index in [1.54, 1.807) is 0 Å². The number of carbonyl (C=O) groups is 2. The van der Waals surface area contributed by atoms with Crippen LogP contribution in [0, 0.1) is 5.92 Å². The monoisotopic (exact) mass is 453 g/mol. The highest BCUT2D eigenvalue weighted by molar-refractivity contribution is 14.1. The van der Waals surface area contributed by atoms with E-state index in [1.807, 2.05) is 50.3 Å². The van der Waals surface area contributed by atoms with Crippen molar-refractivity contribution in [1.82, 2.24) is 5.32 Å². The summed E-state index contributed by atoms with van der Waals surface area (Å²) in [6.07, 6.45) is -1.40. The van der Waals surface area contributed by atoms with E-state index in [0.29, 0.717) is 3.58 Å². The normalized spacial score (nSPS) is 34.0. The van der Waals surface area contributed by atoms with Crippen LogP contribution in [0.4, 0.5) is 0 Å². The second-order valence-electron chi connectivity index (χ2n) is 6.52. The van der Waals surface area contributed by atoms with E-state index in [9.17, 15) is 14.7 Å². The van der Waals surface area contributed by atoms with Crippen molar-refractivity contribution in [3.8, 4) is 0 Å². The molecule has 2 aliphatic rings. The van der Waals surface area contributed by atoms with Gasteiger partial charge in [0, 0.05) is 0 Å². The second kappa shape index (κ2) is 8.22. The molecule has 0 aromatic heterocycles. The zero-order valence-electron chi connectivity index (χ0n) is 14.2. The van der Waals surface area contributed by atoms with Crippen molar-refractivity contribution in [3.63, 3.8) is 0 Å². The Morgan fingerprint density at radius 2 is 1.96 bits per heavy atom.